The minimum Gasteiger partial charge on any atom is -0.0882 e. The number of hydrogen-bond acceptors (Lipinski definition) is 0. The van der Waals surface area contributed by atoms with Gasteiger partial charge in [0.15, 0.2) is 0 Å². The molecule has 11 heavy (non-hydrogen) atoms. The van der Waals surface area contributed by atoms with Gasteiger partial charge >= 0.3 is 0 Å². The quantitative estimate of drug-likeness (QED) is 0.414. The summed E-state index contributed by atoms with van der Waals surface area (Å²) in [5.41, 5.74) is 1.13. The summed E-state index contributed by atoms with van der Waals surface area (Å²) in [5, 5.41) is 0. The summed E-state index contributed by atoms with van der Waals surface area (Å²) in [7, 11) is -0.803. The maximum atomic E-state index is 2.52. The van der Waals surface area contributed by atoms with Gasteiger partial charge in [-0.05, 0) is 30.2 Å². The molecule has 1 heteroatoms. The summed E-state index contributed by atoms with van der Waals surface area (Å²) < 4.78 is 0. The van der Waals surface area contributed by atoms with Gasteiger partial charge in [0, 0.05) is 8.07 Å². The summed E-state index contributed by atoms with van der Waals surface area (Å²) in [6.07, 6.45) is 7.70. The molecule has 2 aliphatic rings. The number of fused-ring (bicyclic) bond motifs is 1. The molecular weight excluding hydrogens is 148 g/mol. The van der Waals surface area contributed by atoms with Gasteiger partial charge in [-0.15, -0.1) is 0 Å². The van der Waals surface area contributed by atoms with Crippen molar-refractivity contribution in [1.29, 1.82) is 0 Å². The van der Waals surface area contributed by atoms with E-state index in [2.05, 4.69) is 31.8 Å². The lowest BCUT2D eigenvalue weighted by atomic mass is 10.1. The van der Waals surface area contributed by atoms with E-state index in [4.69, 9.17) is 0 Å². The van der Waals surface area contributed by atoms with E-state index >= 15 is 0 Å². The highest BCUT2D eigenvalue weighted by molar-refractivity contribution is 6.78. The Morgan fingerprint density at radius 1 is 1.27 bits per heavy atom. The van der Waals surface area contributed by atoms with Crippen LogP contribution in [0.1, 0.15) is 12.8 Å². The lowest BCUT2D eigenvalue weighted by Crippen LogP contribution is -2.21. The van der Waals surface area contributed by atoms with Crippen LogP contribution in [0, 0.1) is 11.8 Å². The first-order chi connectivity index (χ1) is 5.11. The first-order valence-electron chi connectivity index (χ1n) is 4.77. The van der Waals surface area contributed by atoms with Crippen LogP contribution in [0.25, 0.3) is 0 Å². The van der Waals surface area contributed by atoms with Crippen molar-refractivity contribution < 1.29 is 0 Å². The van der Waals surface area contributed by atoms with E-state index in [1.807, 2.05) is 0 Å². The van der Waals surface area contributed by atoms with Gasteiger partial charge in [-0.3, -0.25) is 0 Å². The van der Waals surface area contributed by atoms with Crippen LogP contribution < -0.4 is 0 Å². The molecule has 0 amide bonds. The zero-order valence-corrected chi connectivity index (χ0v) is 8.80. The van der Waals surface area contributed by atoms with Gasteiger partial charge in [-0.25, -0.2) is 0 Å². The highest BCUT2D eigenvalue weighted by Crippen LogP contribution is 2.62. The Bertz CT molecular complexity index is 188. The smallest absolute Gasteiger partial charge is 0.0483 e. The molecule has 62 valence electrons. The summed E-state index contributed by atoms with van der Waals surface area (Å²) in [6.45, 7) is 7.55. The minimum atomic E-state index is -0.803. The van der Waals surface area contributed by atoms with Crippen LogP contribution >= 0.6 is 0 Å². The fourth-order valence-corrected chi connectivity index (χ4v) is 5.87. The number of rotatable bonds is 1. The Balaban J connectivity index is 2.08. The van der Waals surface area contributed by atoms with Crippen LogP contribution in [0.15, 0.2) is 12.2 Å². The van der Waals surface area contributed by atoms with Crippen LogP contribution in [0.3, 0.4) is 0 Å². The summed E-state index contributed by atoms with van der Waals surface area (Å²) >= 11 is 0. The van der Waals surface area contributed by atoms with E-state index in [0.29, 0.717) is 0 Å². The van der Waals surface area contributed by atoms with Crippen molar-refractivity contribution in [3.63, 3.8) is 0 Å². The van der Waals surface area contributed by atoms with Crippen molar-refractivity contribution in [1.82, 2.24) is 0 Å². The van der Waals surface area contributed by atoms with Crippen molar-refractivity contribution >= 4 is 8.07 Å². The molecule has 0 bridgehead atoms. The van der Waals surface area contributed by atoms with Crippen molar-refractivity contribution in [2.75, 3.05) is 0 Å². The van der Waals surface area contributed by atoms with E-state index in [0.717, 1.165) is 17.4 Å². The molecule has 0 N–H and O–H groups in total. The molecule has 0 aliphatic heterocycles. The van der Waals surface area contributed by atoms with Gasteiger partial charge in [-0.1, -0.05) is 31.8 Å². The van der Waals surface area contributed by atoms with Crippen LogP contribution in [0.2, 0.25) is 25.2 Å². The molecule has 0 heterocycles. The van der Waals surface area contributed by atoms with E-state index < -0.39 is 8.07 Å². The molecule has 1 saturated carbocycles. The van der Waals surface area contributed by atoms with Crippen molar-refractivity contribution in [2.24, 2.45) is 11.8 Å². The molecule has 0 spiro atoms. The summed E-state index contributed by atoms with van der Waals surface area (Å²) in [5.74, 6) is 2.11. The lowest BCUT2D eigenvalue weighted by molar-refractivity contribution is 0.681. The van der Waals surface area contributed by atoms with Crippen LogP contribution in [-0.2, 0) is 0 Å². The van der Waals surface area contributed by atoms with Crippen molar-refractivity contribution in [2.45, 2.75) is 38.0 Å². The van der Waals surface area contributed by atoms with Crippen LogP contribution in [0.5, 0.6) is 0 Å². The second-order valence-corrected chi connectivity index (χ2v) is 10.5. The van der Waals surface area contributed by atoms with Gasteiger partial charge in [0.1, 0.15) is 0 Å². The number of hydrogen-bond donors (Lipinski definition) is 0. The zero-order valence-electron chi connectivity index (χ0n) is 7.80. The summed E-state index contributed by atoms with van der Waals surface area (Å²) in [6, 6.07) is 0. The minimum absolute atomic E-state index is 0.803. The Hall–Kier alpha value is -0.0431. The van der Waals surface area contributed by atoms with Gasteiger partial charge in [0.2, 0.25) is 0 Å². The molecule has 0 aromatic heterocycles. The Labute approximate surface area is 70.7 Å². The van der Waals surface area contributed by atoms with Gasteiger partial charge in [0.05, 0.1) is 0 Å². The van der Waals surface area contributed by atoms with Gasteiger partial charge < -0.3 is 0 Å². The maximum absolute atomic E-state index is 2.52. The third-order valence-corrected chi connectivity index (χ3v) is 6.07. The average molecular weight is 166 g/mol. The molecule has 2 aliphatic carbocycles. The fourth-order valence-electron chi connectivity index (χ4n) is 2.80. The Morgan fingerprint density at radius 2 is 2.00 bits per heavy atom. The normalized spacial score (nSPS) is 41.9. The second-order valence-electron chi connectivity index (χ2n) is 5.14. The van der Waals surface area contributed by atoms with E-state index in [9.17, 15) is 0 Å². The van der Waals surface area contributed by atoms with Crippen LogP contribution in [-0.4, -0.2) is 8.07 Å². The molecule has 0 radical (unpaired) electrons. The number of allylic oxidation sites excluding steroid dienone is 2. The third kappa shape index (κ3) is 1.20. The molecular formula is C10H18Si. The largest absolute Gasteiger partial charge is 0.0882 e. The van der Waals surface area contributed by atoms with E-state index in [1.54, 1.807) is 0 Å². The molecule has 1 fully saturated rings. The molecule has 3 atom stereocenters. The predicted octanol–water partition coefficient (Wildman–Crippen LogP) is 3.29. The average Bonchev–Trinajstić information content (AvgIpc) is 2.58. The topological polar surface area (TPSA) is 0 Å². The van der Waals surface area contributed by atoms with Crippen molar-refractivity contribution in [3.8, 4) is 0 Å². The molecule has 2 rings (SSSR count). The van der Waals surface area contributed by atoms with Crippen molar-refractivity contribution in [3.05, 3.63) is 12.2 Å². The van der Waals surface area contributed by atoms with Gasteiger partial charge in [0.25, 0.3) is 0 Å². The predicted molar refractivity (Wildman–Crippen MR) is 52.5 cm³/mol. The SMILES string of the molecule is C[Si](C)(C)[C@@H]1[C@@H]2C=CCC[C@H]21. The third-order valence-electron chi connectivity index (χ3n) is 3.25. The fraction of sp³-hybridized carbons (Fsp3) is 0.800. The molecule has 0 aromatic carbocycles. The monoisotopic (exact) mass is 166 g/mol. The van der Waals surface area contributed by atoms with E-state index in [-0.39, 0.29) is 0 Å². The first-order valence-corrected chi connectivity index (χ1v) is 8.35. The molecule has 0 saturated heterocycles. The second kappa shape index (κ2) is 2.22. The van der Waals surface area contributed by atoms with E-state index in [1.165, 1.54) is 12.8 Å². The van der Waals surface area contributed by atoms with Gasteiger partial charge in [-0.2, -0.15) is 0 Å². The lowest BCUT2D eigenvalue weighted by Gasteiger charge is -2.15. The Kier molecular flexibility index (Phi) is 1.54. The van der Waals surface area contributed by atoms with Crippen LogP contribution in [0.4, 0.5) is 0 Å². The maximum Gasteiger partial charge on any atom is 0.0483 e. The molecule has 0 nitrogen and oxygen atoms in total. The first kappa shape index (κ1) is 7.60. The molecule has 0 aromatic rings. The highest BCUT2D eigenvalue weighted by atomic mass is 28.3. The zero-order chi connectivity index (χ0) is 8.06. The Morgan fingerprint density at radius 3 is 2.45 bits per heavy atom. The molecule has 0 unspecified atom stereocenters. The summed E-state index contributed by atoms with van der Waals surface area (Å²) in [4.78, 5) is 0. The standard InChI is InChI=1S/C10H18Si/c1-11(2,3)10-8-6-4-5-7-9(8)10/h4,6,8-10H,5,7H2,1-3H3/t8-,9-,10-/m1/s1. The highest BCUT2D eigenvalue weighted by Gasteiger charge is 2.54.